The van der Waals surface area contributed by atoms with Crippen LogP contribution in [0.4, 0.5) is 0 Å². The largest absolute Gasteiger partial charge is 0.491 e. The average molecular weight is 189 g/mol. The molecule has 0 aliphatic rings. The SMILES string of the molecule is Cc1cc(CC#N)ccc1OC(C)C. The predicted octanol–water partition coefficient (Wildman–Crippen LogP) is 2.85. The minimum atomic E-state index is 0.190. The summed E-state index contributed by atoms with van der Waals surface area (Å²) in [4.78, 5) is 0. The molecule has 2 nitrogen and oxygen atoms in total. The van der Waals surface area contributed by atoms with E-state index in [-0.39, 0.29) is 6.10 Å². The standard InChI is InChI=1S/C12H15NO/c1-9(2)14-12-5-4-11(6-7-13)8-10(12)3/h4-5,8-9H,6H2,1-3H3. The molecule has 0 heterocycles. The summed E-state index contributed by atoms with van der Waals surface area (Å²) in [5, 5.41) is 8.54. The van der Waals surface area contributed by atoms with Crippen molar-refractivity contribution in [3.05, 3.63) is 29.3 Å². The molecule has 0 unspecified atom stereocenters. The van der Waals surface area contributed by atoms with Crippen molar-refractivity contribution in [2.75, 3.05) is 0 Å². The minimum Gasteiger partial charge on any atom is -0.491 e. The van der Waals surface area contributed by atoms with Gasteiger partial charge < -0.3 is 4.74 Å². The smallest absolute Gasteiger partial charge is 0.122 e. The van der Waals surface area contributed by atoms with Crippen LogP contribution in [0.15, 0.2) is 18.2 Å². The van der Waals surface area contributed by atoms with Crippen LogP contribution in [-0.2, 0) is 6.42 Å². The number of rotatable bonds is 3. The Balaban J connectivity index is 2.85. The first-order valence-corrected chi connectivity index (χ1v) is 4.76. The first kappa shape index (κ1) is 10.6. The fraction of sp³-hybridized carbons (Fsp3) is 0.417. The summed E-state index contributed by atoms with van der Waals surface area (Å²) in [6, 6.07) is 8.00. The lowest BCUT2D eigenvalue weighted by Crippen LogP contribution is -2.06. The Hall–Kier alpha value is -1.49. The highest BCUT2D eigenvalue weighted by Crippen LogP contribution is 2.20. The summed E-state index contributed by atoms with van der Waals surface area (Å²) in [7, 11) is 0. The maximum atomic E-state index is 8.54. The van der Waals surface area contributed by atoms with Crippen LogP contribution >= 0.6 is 0 Å². The van der Waals surface area contributed by atoms with E-state index >= 15 is 0 Å². The molecule has 14 heavy (non-hydrogen) atoms. The molecule has 0 atom stereocenters. The zero-order valence-corrected chi connectivity index (χ0v) is 8.87. The van der Waals surface area contributed by atoms with Crippen LogP contribution in [0.5, 0.6) is 5.75 Å². The molecule has 0 aliphatic heterocycles. The third-order valence-electron chi connectivity index (χ3n) is 1.89. The Morgan fingerprint density at radius 2 is 2.14 bits per heavy atom. The van der Waals surface area contributed by atoms with Gasteiger partial charge in [-0.05, 0) is 38.0 Å². The van der Waals surface area contributed by atoms with Gasteiger partial charge in [0, 0.05) is 0 Å². The number of ether oxygens (including phenoxy) is 1. The van der Waals surface area contributed by atoms with E-state index in [0.717, 1.165) is 16.9 Å². The van der Waals surface area contributed by atoms with Gasteiger partial charge in [-0.15, -0.1) is 0 Å². The van der Waals surface area contributed by atoms with Crippen molar-refractivity contribution in [3.8, 4) is 11.8 Å². The van der Waals surface area contributed by atoms with Crippen LogP contribution in [0, 0.1) is 18.3 Å². The molecular formula is C12H15NO. The van der Waals surface area contributed by atoms with Gasteiger partial charge in [0.05, 0.1) is 18.6 Å². The fourth-order valence-corrected chi connectivity index (χ4v) is 1.30. The van der Waals surface area contributed by atoms with Gasteiger partial charge in [-0.25, -0.2) is 0 Å². The maximum Gasteiger partial charge on any atom is 0.122 e. The highest BCUT2D eigenvalue weighted by molar-refractivity contribution is 5.37. The molecular weight excluding hydrogens is 174 g/mol. The van der Waals surface area contributed by atoms with Crippen molar-refractivity contribution in [2.24, 2.45) is 0 Å². The summed E-state index contributed by atoms with van der Waals surface area (Å²) in [6.07, 6.45) is 0.651. The van der Waals surface area contributed by atoms with Gasteiger partial charge in [0.15, 0.2) is 0 Å². The third-order valence-corrected chi connectivity index (χ3v) is 1.89. The summed E-state index contributed by atoms with van der Waals surface area (Å²) in [6.45, 7) is 6.00. The van der Waals surface area contributed by atoms with E-state index in [1.807, 2.05) is 39.0 Å². The lowest BCUT2D eigenvalue weighted by atomic mass is 10.1. The molecule has 0 bridgehead atoms. The Kier molecular flexibility index (Phi) is 3.53. The van der Waals surface area contributed by atoms with Gasteiger partial charge >= 0.3 is 0 Å². The number of nitrogens with zero attached hydrogens (tertiary/aromatic N) is 1. The molecule has 0 aliphatic carbocycles. The number of hydrogen-bond acceptors (Lipinski definition) is 2. The molecule has 1 aromatic carbocycles. The minimum absolute atomic E-state index is 0.190. The molecule has 0 amide bonds. The van der Waals surface area contributed by atoms with E-state index in [1.165, 1.54) is 0 Å². The third kappa shape index (κ3) is 2.77. The van der Waals surface area contributed by atoms with Gasteiger partial charge in [-0.3, -0.25) is 0 Å². The number of nitriles is 1. The molecule has 0 radical (unpaired) electrons. The van der Waals surface area contributed by atoms with Crippen LogP contribution in [0.25, 0.3) is 0 Å². The number of hydrogen-bond donors (Lipinski definition) is 0. The van der Waals surface area contributed by atoms with Gasteiger partial charge in [0.25, 0.3) is 0 Å². The molecule has 0 spiro atoms. The second kappa shape index (κ2) is 4.66. The van der Waals surface area contributed by atoms with Gasteiger partial charge in [-0.1, -0.05) is 12.1 Å². The van der Waals surface area contributed by atoms with Crippen molar-refractivity contribution in [1.82, 2.24) is 0 Å². The van der Waals surface area contributed by atoms with Crippen LogP contribution in [0.2, 0.25) is 0 Å². The van der Waals surface area contributed by atoms with E-state index in [9.17, 15) is 0 Å². The van der Waals surface area contributed by atoms with Crippen molar-refractivity contribution in [1.29, 1.82) is 5.26 Å². The van der Waals surface area contributed by atoms with Gasteiger partial charge in [0.2, 0.25) is 0 Å². The van der Waals surface area contributed by atoms with Gasteiger partial charge in [0.1, 0.15) is 5.75 Å². The van der Waals surface area contributed by atoms with Crippen molar-refractivity contribution in [3.63, 3.8) is 0 Å². The maximum absolute atomic E-state index is 8.54. The molecule has 0 aromatic heterocycles. The molecule has 0 fully saturated rings. The Morgan fingerprint density at radius 3 is 2.64 bits per heavy atom. The van der Waals surface area contributed by atoms with Crippen LogP contribution in [0.1, 0.15) is 25.0 Å². The predicted molar refractivity (Wildman–Crippen MR) is 56.3 cm³/mol. The van der Waals surface area contributed by atoms with Crippen molar-refractivity contribution >= 4 is 0 Å². The van der Waals surface area contributed by atoms with Crippen molar-refractivity contribution in [2.45, 2.75) is 33.3 Å². The highest BCUT2D eigenvalue weighted by atomic mass is 16.5. The van der Waals surface area contributed by atoms with E-state index in [4.69, 9.17) is 10.00 Å². The van der Waals surface area contributed by atoms with Crippen LogP contribution in [-0.4, -0.2) is 6.10 Å². The summed E-state index contributed by atoms with van der Waals surface area (Å²) in [5.41, 5.74) is 2.13. The van der Waals surface area contributed by atoms with E-state index in [1.54, 1.807) is 0 Å². The lowest BCUT2D eigenvalue weighted by molar-refractivity contribution is 0.240. The molecule has 0 saturated carbocycles. The highest BCUT2D eigenvalue weighted by Gasteiger charge is 2.02. The van der Waals surface area contributed by atoms with Gasteiger partial charge in [-0.2, -0.15) is 5.26 Å². The quantitative estimate of drug-likeness (QED) is 0.732. The Labute approximate surface area is 85.1 Å². The molecule has 0 saturated heterocycles. The molecule has 1 aromatic rings. The molecule has 2 heteroatoms. The summed E-state index contributed by atoms with van der Waals surface area (Å²) >= 11 is 0. The van der Waals surface area contributed by atoms with E-state index < -0.39 is 0 Å². The number of benzene rings is 1. The number of aryl methyl sites for hydroxylation is 1. The monoisotopic (exact) mass is 189 g/mol. The molecule has 1 rings (SSSR count). The Morgan fingerprint density at radius 1 is 1.43 bits per heavy atom. The zero-order valence-electron chi connectivity index (χ0n) is 8.87. The summed E-state index contributed by atoms with van der Waals surface area (Å²) < 4.78 is 5.60. The second-order valence-corrected chi connectivity index (χ2v) is 3.60. The fourth-order valence-electron chi connectivity index (χ4n) is 1.30. The second-order valence-electron chi connectivity index (χ2n) is 3.60. The Bertz CT molecular complexity index is 350. The normalized spacial score (nSPS) is 9.93. The summed E-state index contributed by atoms with van der Waals surface area (Å²) in [5.74, 6) is 0.904. The van der Waals surface area contributed by atoms with Crippen LogP contribution in [0.3, 0.4) is 0 Å². The zero-order chi connectivity index (χ0) is 10.6. The van der Waals surface area contributed by atoms with Crippen LogP contribution < -0.4 is 4.74 Å². The van der Waals surface area contributed by atoms with E-state index in [2.05, 4.69) is 6.07 Å². The molecule has 74 valence electrons. The lowest BCUT2D eigenvalue weighted by Gasteiger charge is -2.12. The molecule has 0 N–H and O–H groups in total. The first-order valence-electron chi connectivity index (χ1n) is 4.76. The first-order chi connectivity index (χ1) is 6.63. The van der Waals surface area contributed by atoms with E-state index in [0.29, 0.717) is 6.42 Å². The topological polar surface area (TPSA) is 33.0 Å². The van der Waals surface area contributed by atoms with Crippen molar-refractivity contribution < 1.29 is 4.74 Å². The average Bonchev–Trinajstić information content (AvgIpc) is 2.10.